The Hall–Kier alpha value is -1.53. The van der Waals surface area contributed by atoms with Crippen LogP contribution in [0.2, 0.25) is 0 Å². The van der Waals surface area contributed by atoms with Gasteiger partial charge in [0.1, 0.15) is 6.07 Å². The maximum Gasteiger partial charge on any atom is 0.101 e. The Balaban J connectivity index is 2.21. The van der Waals surface area contributed by atoms with Gasteiger partial charge in [0.2, 0.25) is 0 Å². The fourth-order valence-corrected chi connectivity index (χ4v) is 2.98. The van der Waals surface area contributed by atoms with Gasteiger partial charge < -0.3 is 10.6 Å². The van der Waals surface area contributed by atoms with E-state index in [2.05, 4.69) is 30.9 Å². The molecule has 1 unspecified atom stereocenters. The first-order chi connectivity index (χ1) is 9.08. The maximum atomic E-state index is 9.22. The molecule has 1 saturated heterocycles. The lowest BCUT2D eigenvalue weighted by Gasteiger charge is -2.45. The minimum absolute atomic E-state index is 0.345. The van der Waals surface area contributed by atoms with Crippen molar-refractivity contribution in [2.75, 3.05) is 24.5 Å². The number of hydrogen-bond donors (Lipinski definition) is 1. The second-order valence-electron chi connectivity index (χ2n) is 6.09. The van der Waals surface area contributed by atoms with Crippen LogP contribution in [0.15, 0.2) is 24.3 Å². The summed E-state index contributed by atoms with van der Waals surface area (Å²) in [5.74, 6) is 0.595. The van der Waals surface area contributed by atoms with E-state index in [0.717, 1.165) is 43.7 Å². The molecular formula is C16H23N3. The van der Waals surface area contributed by atoms with Gasteiger partial charge in [0.25, 0.3) is 0 Å². The molecule has 0 saturated carbocycles. The van der Waals surface area contributed by atoms with Crippen molar-refractivity contribution in [1.82, 2.24) is 0 Å². The number of nitrogens with zero attached hydrogens (tertiary/aromatic N) is 2. The van der Waals surface area contributed by atoms with Crippen LogP contribution in [0.3, 0.4) is 0 Å². The number of piperidine rings is 1. The Kier molecular flexibility index (Phi) is 4.11. The van der Waals surface area contributed by atoms with Crippen LogP contribution in [0.25, 0.3) is 0 Å². The third-order valence-corrected chi connectivity index (χ3v) is 4.45. The highest BCUT2D eigenvalue weighted by atomic mass is 15.1. The molecule has 0 amide bonds. The van der Waals surface area contributed by atoms with Gasteiger partial charge in [0.05, 0.1) is 11.3 Å². The van der Waals surface area contributed by atoms with Crippen LogP contribution in [0.5, 0.6) is 0 Å². The Bertz CT molecular complexity index is 473. The fraction of sp³-hybridized carbons (Fsp3) is 0.562. The highest BCUT2D eigenvalue weighted by Crippen LogP contribution is 2.39. The summed E-state index contributed by atoms with van der Waals surface area (Å²) in [5.41, 5.74) is 7.94. The molecule has 0 aliphatic carbocycles. The molecule has 2 N–H and O–H groups in total. The number of para-hydroxylation sites is 1. The molecule has 102 valence electrons. The Morgan fingerprint density at radius 1 is 1.42 bits per heavy atom. The molecule has 1 heterocycles. The van der Waals surface area contributed by atoms with E-state index in [1.807, 2.05) is 18.2 Å². The minimum atomic E-state index is 0.345. The lowest BCUT2D eigenvalue weighted by Crippen LogP contribution is -2.45. The molecule has 1 aliphatic rings. The van der Waals surface area contributed by atoms with Gasteiger partial charge in [-0.15, -0.1) is 0 Å². The van der Waals surface area contributed by atoms with Gasteiger partial charge in [-0.1, -0.05) is 26.0 Å². The molecule has 0 bridgehead atoms. The van der Waals surface area contributed by atoms with E-state index in [1.54, 1.807) is 0 Å². The summed E-state index contributed by atoms with van der Waals surface area (Å²) in [4.78, 5) is 2.35. The summed E-state index contributed by atoms with van der Waals surface area (Å²) in [5, 5.41) is 9.22. The summed E-state index contributed by atoms with van der Waals surface area (Å²) in [6, 6.07) is 10.2. The van der Waals surface area contributed by atoms with E-state index in [9.17, 15) is 5.26 Å². The average Bonchev–Trinajstić information content (AvgIpc) is 2.41. The van der Waals surface area contributed by atoms with Crippen LogP contribution in [0.4, 0.5) is 5.69 Å². The van der Waals surface area contributed by atoms with Crippen molar-refractivity contribution in [3.05, 3.63) is 29.8 Å². The third kappa shape index (κ3) is 2.90. The van der Waals surface area contributed by atoms with Gasteiger partial charge in [0, 0.05) is 13.1 Å². The summed E-state index contributed by atoms with van der Waals surface area (Å²) in [7, 11) is 0. The van der Waals surface area contributed by atoms with Crippen LogP contribution in [-0.4, -0.2) is 19.6 Å². The monoisotopic (exact) mass is 257 g/mol. The quantitative estimate of drug-likeness (QED) is 0.906. The summed E-state index contributed by atoms with van der Waals surface area (Å²) in [6.07, 6.45) is 2.20. The topological polar surface area (TPSA) is 53.0 Å². The van der Waals surface area contributed by atoms with Gasteiger partial charge in [-0.05, 0) is 42.9 Å². The molecule has 19 heavy (non-hydrogen) atoms. The molecule has 0 radical (unpaired) electrons. The van der Waals surface area contributed by atoms with Crippen molar-refractivity contribution in [1.29, 1.82) is 5.26 Å². The molecule has 1 fully saturated rings. The van der Waals surface area contributed by atoms with Crippen molar-refractivity contribution < 1.29 is 0 Å². The number of nitriles is 1. The zero-order valence-corrected chi connectivity index (χ0v) is 11.9. The molecule has 1 aliphatic heterocycles. The van der Waals surface area contributed by atoms with Crippen molar-refractivity contribution in [3.8, 4) is 6.07 Å². The van der Waals surface area contributed by atoms with Crippen molar-refractivity contribution >= 4 is 5.69 Å². The van der Waals surface area contributed by atoms with Crippen LogP contribution in [0.1, 0.15) is 32.3 Å². The summed E-state index contributed by atoms with van der Waals surface area (Å²) in [6.45, 7) is 7.43. The largest absolute Gasteiger partial charge is 0.370 e. The number of nitrogens with two attached hydrogens (primary N) is 1. The van der Waals surface area contributed by atoms with E-state index in [1.165, 1.54) is 0 Å². The van der Waals surface area contributed by atoms with Gasteiger partial charge >= 0.3 is 0 Å². The number of anilines is 1. The second kappa shape index (κ2) is 5.63. The summed E-state index contributed by atoms with van der Waals surface area (Å²) < 4.78 is 0. The number of rotatable bonds is 3. The van der Waals surface area contributed by atoms with E-state index in [4.69, 9.17) is 5.73 Å². The molecule has 3 nitrogen and oxygen atoms in total. The highest BCUT2D eigenvalue weighted by Gasteiger charge is 2.35. The molecule has 1 atom stereocenters. The number of hydrogen-bond acceptors (Lipinski definition) is 3. The minimum Gasteiger partial charge on any atom is -0.370 e. The van der Waals surface area contributed by atoms with Gasteiger partial charge in [-0.25, -0.2) is 0 Å². The normalized spacial score (nSPS) is 22.0. The second-order valence-corrected chi connectivity index (χ2v) is 6.09. The van der Waals surface area contributed by atoms with Gasteiger partial charge in [-0.3, -0.25) is 0 Å². The first-order valence-corrected chi connectivity index (χ1v) is 7.02. The van der Waals surface area contributed by atoms with Gasteiger partial charge in [0.15, 0.2) is 0 Å². The van der Waals surface area contributed by atoms with Crippen LogP contribution < -0.4 is 10.6 Å². The average molecular weight is 257 g/mol. The predicted octanol–water partition coefficient (Wildman–Crippen LogP) is 2.76. The molecule has 3 heteroatoms. The van der Waals surface area contributed by atoms with Crippen molar-refractivity contribution in [2.24, 2.45) is 17.1 Å². The standard InChI is InChI=1S/C16H23N3/c1-16(2)8-10-19(12-14(16)7-9-17)15-6-4-3-5-13(15)11-18/h3-6,14H,7-10,12,17H2,1-2H3. The molecule has 1 aromatic carbocycles. The first-order valence-electron chi connectivity index (χ1n) is 7.02. The Morgan fingerprint density at radius 3 is 2.84 bits per heavy atom. The van der Waals surface area contributed by atoms with E-state index in [0.29, 0.717) is 11.3 Å². The van der Waals surface area contributed by atoms with Crippen LogP contribution >= 0.6 is 0 Å². The fourth-order valence-electron chi connectivity index (χ4n) is 2.98. The zero-order chi connectivity index (χ0) is 13.9. The molecule has 1 aromatic rings. The van der Waals surface area contributed by atoms with Crippen molar-refractivity contribution in [2.45, 2.75) is 26.7 Å². The molecule has 2 rings (SSSR count). The van der Waals surface area contributed by atoms with Crippen molar-refractivity contribution in [3.63, 3.8) is 0 Å². The predicted molar refractivity (Wildman–Crippen MR) is 78.9 cm³/mol. The van der Waals surface area contributed by atoms with E-state index >= 15 is 0 Å². The Morgan fingerprint density at radius 2 is 2.16 bits per heavy atom. The molecular weight excluding hydrogens is 234 g/mol. The summed E-state index contributed by atoms with van der Waals surface area (Å²) >= 11 is 0. The smallest absolute Gasteiger partial charge is 0.101 e. The van der Waals surface area contributed by atoms with E-state index < -0.39 is 0 Å². The first kappa shape index (κ1) is 13.9. The number of benzene rings is 1. The van der Waals surface area contributed by atoms with Crippen LogP contribution in [0, 0.1) is 22.7 Å². The van der Waals surface area contributed by atoms with E-state index in [-0.39, 0.29) is 0 Å². The maximum absolute atomic E-state index is 9.22. The SMILES string of the molecule is CC1(C)CCN(c2ccccc2C#N)CC1CCN. The third-order valence-electron chi connectivity index (χ3n) is 4.45. The Labute approximate surface area is 116 Å². The highest BCUT2D eigenvalue weighted by molar-refractivity contribution is 5.59. The lowest BCUT2D eigenvalue weighted by atomic mass is 9.71. The molecule has 0 aromatic heterocycles. The van der Waals surface area contributed by atoms with Gasteiger partial charge in [-0.2, -0.15) is 5.26 Å². The molecule has 0 spiro atoms. The lowest BCUT2D eigenvalue weighted by molar-refractivity contribution is 0.163. The van der Waals surface area contributed by atoms with Crippen LogP contribution in [-0.2, 0) is 0 Å². The zero-order valence-electron chi connectivity index (χ0n) is 11.9.